The van der Waals surface area contributed by atoms with Gasteiger partial charge in [-0.25, -0.2) is 0 Å². The molecular weight excluding hydrogens is 236 g/mol. The van der Waals surface area contributed by atoms with E-state index in [1.807, 2.05) is 19.1 Å². The summed E-state index contributed by atoms with van der Waals surface area (Å²) in [5.41, 5.74) is 7.79. The van der Waals surface area contributed by atoms with E-state index in [4.69, 9.17) is 5.73 Å². The van der Waals surface area contributed by atoms with Crippen molar-refractivity contribution in [1.82, 2.24) is 0 Å². The molecule has 1 aliphatic carbocycles. The summed E-state index contributed by atoms with van der Waals surface area (Å²) >= 11 is 0. The quantitative estimate of drug-likeness (QED) is 0.876. The molecule has 0 radical (unpaired) electrons. The molecule has 1 aliphatic rings. The van der Waals surface area contributed by atoms with Gasteiger partial charge in [0.2, 0.25) is 5.91 Å². The van der Waals surface area contributed by atoms with Gasteiger partial charge < -0.3 is 11.1 Å². The third kappa shape index (κ3) is 2.81. The number of rotatable bonds is 3. The molecule has 2 rings (SSSR count). The third-order valence-electron chi connectivity index (χ3n) is 4.38. The maximum Gasteiger partial charge on any atom is 0.231 e. The molecule has 2 unspecified atom stereocenters. The third-order valence-corrected chi connectivity index (χ3v) is 4.38. The van der Waals surface area contributed by atoms with E-state index in [0.717, 1.165) is 24.9 Å². The molecule has 1 aromatic carbocycles. The Balaban J connectivity index is 2.06. The lowest BCUT2D eigenvalue weighted by atomic mass is 9.84. The second kappa shape index (κ2) is 5.33. The Bertz CT molecular complexity index is 452. The molecule has 104 valence electrons. The van der Waals surface area contributed by atoms with Gasteiger partial charge in [-0.1, -0.05) is 32.4 Å². The molecule has 0 heterocycles. The van der Waals surface area contributed by atoms with Crippen molar-refractivity contribution in [2.45, 2.75) is 52.0 Å². The number of anilines is 1. The summed E-state index contributed by atoms with van der Waals surface area (Å²) in [6.45, 7) is 6.29. The Kier molecular flexibility index (Phi) is 3.95. The molecular formula is C16H24N2O. The number of amides is 1. The van der Waals surface area contributed by atoms with E-state index in [1.54, 1.807) is 0 Å². The van der Waals surface area contributed by atoms with Gasteiger partial charge in [-0.3, -0.25) is 4.79 Å². The summed E-state index contributed by atoms with van der Waals surface area (Å²) in [6, 6.07) is 8.05. The zero-order chi connectivity index (χ0) is 14.0. The lowest BCUT2D eigenvalue weighted by Gasteiger charge is -2.27. The van der Waals surface area contributed by atoms with Crippen molar-refractivity contribution < 1.29 is 4.79 Å². The van der Waals surface area contributed by atoms with Crippen LogP contribution in [0.4, 0.5) is 5.69 Å². The van der Waals surface area contributed by atoms with Gasteiger partial charge in [0.25, 0.3) is 0 Å². The average molecular weight is 260 g/mol. The molecule has 3 N–H and O–H groups in total. The second-order valence-corrected chi connectivity index (χ2v) is 6.15. The highest BCUT2D eigenvalue weighted by atomic mass is 16.2. The lowest BCUT2D eigenvalue weighted by molar-refractivity contribution is -0.125. The van der Waals surface area contributed by atoms with Crippen molar-refractivity contribution in [3.05, 3.63) is 29.8 Å². The lowest BCUT2D eigenvalue weighted by Crippen LogP contribution is -2.44. The summed E-state index contributed by atoms with van der Waals surface area (Å²) in [4.78, 5) is 12.4. The molecule has 2 atom stereocenters. The average Bonchev–Trinajstić information content (AvgIpc) is 2.71. The van der Waals surface area contributed by atoms with Crippen LogP contribution in [-0.4, -0.2) is 11.9 Å². The van der Waals surface area contributed by atoms with E-state index in [2.05, 4.69) is 31.3 Å². The fourth-order valence-corrected chi connectivity index (χ4v) is 2.70. The minimum atomic E-state index is -0.420. The topological polar surface area (TPSA) is 55.1 Å². The first-order valence-electron chi connectivity index (χ1n) is 7.10. The number of nitrogens with one attached hydrogen (secondary N) is 1. The van der Waals surface area contributed by atoms with Crippen LogP contribution in [0.1, 0.15) is 51.5 Å². The standard InChI is InChI=1S/C16H24N2O/c1-11(2)12-6-8-13(9-7-12)18-15(19)16(3)10-4-5-14(16)17/h6-9,11,14H,4-5,10,17H2,1-3H3,(H,18,19). The summed E-state index contributed by atoms with van der Waals surface area (Å²) < 4.78 is 0. The summed E-state index contributed by atoms with van der Waals surface area (Å²) in [6.07, 6.45) is 2.86. The number of hydrogen-bond donors (Lipinski definition) is 2. The zero-order valence-corrected chi connectivity index (χ0v) is 12.1. The van der Waals surface area contributed by atoms with Crippen LogP contribution >= 0.6 is 0 Å². The predicted molar refractivity (Wildman–Crippen MR) is 79.1 cm³/mol. The molecule has 0 spiro atoms. The van der Waals surface area contributed by atoms with E-state index in [0.29, 0.717) is 5.92 Å². The van der Waals surface area contributed by atoms with Gasteiger partial charge in [0, 0.05) is 11.7 Å². The molecule has 19 heavy (non-hydrogen) atoms. The minimum absolute atomic E-state index is 0.0255. The molecule has 1 amide bonds. The van der Waals surface area contributed by atoms with Crippen LogP contribution in [0.2, 0.25) is 0 Å². The molecule has 0 bridgehead atoms. The van der Waals surface area contributed by atoms with Crippen molar-refractivity contribution in [3.63, 3.8) is 0 Å². The van der Waals surface area contributed by atoms with Gasteiger partial charge in [-0.2, -0.15) is 0 Å². The van der Waals surface area contributed by atoms with Crippen molar-refractivity contribution >= 4 is 11.6 Å². The van der Waals surface area contributed by atoms with Crippen LogP contribution in [0.25, 0.3) is 0 Å². The highest BCUT2D eigenvalue weighted by molar-refractivity contribution is 5.95. The van der Waals surface area contributed by atoms with E-state index in [9.17, 15) is 4.79 Å². The minimum Gasteiger partial charge on any atom is -0.327 e. The number of hydrogen-bond acceptors (Lipinski definition) is 2. The van der Waals surface area contributed by atoms with Gasteiger partial charge in [-0.05, 0) is 43.4 Å². The Labute approximate surface area is 115 Å². The summed E-state index contributed by atoms with van der Waals surface area (Å²) in [7, 11) is 0. The highest BCUT2D eigenvalue weighted by Crippen LogP contribution is 2.37. The van der Waals surface area contributed by atoms with E-state index < -0.39 is 5.41 Å². The van der Waals surface area contributed by atoms with Crippen LogP contribution in [0.5, 0.6) is 0 Å². The van der Waals surface area contributed by atoms with Crippen LogP contribution < -0.4 is 11.1 Å². The fourth-order valence-electron chi connectivity index (χ4n) is 2.70. The Morgan fingerprint density at radius 3 is 2.47 bits per heavy atom. The molecule has 3 heteroatoms. The van der Waals surface area contributed by atoms with Crippen LogP contribution in [0.3, 0.4) is 0 Å². The smallest absolute Gasteiger partial charge is 0.231 e. The van der Waals surface area contributed by atoms with Crippen LogP contribution in [0.15, 0.2) is 24.3 Å². The Morgan fingerprint density at radius 1 is 1.37 bits per heavy atom. The molecule has 1 fully saturated rings. The maximum atomic E-state index is 12.4. The first-order chi connectivity index (χ1) is 8.93. The van der Waals surface area contributed by atoms with Gasteiger partial charge in [0.05, 0.1) is 5.41 Å². The van der Waals surface area contributed by atoms with E-state index >= 15 is 0 Å². The number of nitrogens with two attached hydrogens (primary N) is 1. The first-order valence-corrected chi connectivity index (χ1v) is 7.10. The monoisotopic (exact) mass is 260 g/mol. The fraction of sp³-hybridized carbons (Fsp3) is 0.562. The molecule has 0 saturated heterocycles. The molecule has 1 saturated carbocycles. The molecule has 3 nitrogen and oxygen atoms in total. The number of benzene rings is 1. The van der Waals surface area contributed by atoms with Gasteiger partial charge in [-0.15, -0.1) is 0 Å². The highest BCUT2D eigenvalue weighted by Gasteiger charge is 2.42. The predicted octanol–water partition coefficient (Wildman–Crippen LogP) is 3.27. The number of carbonyl (C=O) groups is 1. The van der Waals surface area contributed by atoms with Crippen molar-refractivity contribution in [2.75, 3.05) is 5.32 Å². The zero-order valence-electron chi connectivity index (χ0n) is 12.1. The van der Waals surface area contributed by atoms with E-state index in [-0.39, 0.29) is 11.9 Å². The normalized spacial score (nSPS) is 26.7. The SMILES string of the molecule is CC(C)c1ccc(NC(=O)C2(C)CCCC2N)cc1. The van der Waals surface area contributed by atoms with Crippen LogP contribution in [0, 0.1) is 5.41 Å². The Hall–Kier alpha value is -1.35. The van der Waals surface area contributed by atoms with Gasteiger partial charge in [0.1, 0.15) is 0 Å². The summed E-state index contributed by atoms with van der Waals surface area (Å²) in [5, 5.41) is 3.00. The molecule has 1 aromatic rings. The second-order valence-electron chi connectivity index (χ2n) is 6.15. The molecule has 0 aromatic heterocycles. The van der Waals surface area contributed by atoms with Crippen molar-refractivity contribution in [2.24, 2.45) is 11.1 Å². The van der Waals surface area contributed by atoms with Crippen molar-refractivity contribution in [3.8, 4) is 0 Å². The van der Waals surface area contributed by atoms with Crippen molar-refractivity contribution in [1.29, 1.82) is 0 Å². The molecule has 0 aliphatic heterocycles. The van der Waals surface area contributed by atoms with Gasteiger partial charge in [0.15, 0.2) is 0 Å². The maximum absolute atomic E-state index is 12.4. The van der Waals surface area contributed by atoms with Gasteiger partial charge >= 0.3 is 0 Å². The number of carbonyl (C=O) groups excluding carboxylic acids is 1. The largest absolute Gasteiger partial charge is 0.327 e. The van der Waals surface area contributed by atoms with E-state index in [1.165, 1.54) is 5.56 Å². The van der Waals surface area contributed by atoms with Crippen LogP contribution in [-0.2, 0) is 4.79 Å². The Morgan fingerprint density at radius 2 is 2.00 bits per heavy atom. The first kappa shape index (κ1) is 14.1. The summed E-state index contributed by atoms with van der Waals surface area (Å²) in [5.74, 6) is 0.556.